The van der Waals surface area contributed by atoms with Crippen LogP contribution in [0.5, 0.6) is 11.5 Å². The maximum absolute atomic E-state index is 12.9. The number of para-hydroxylation sites is 1. The summed E-state index contributed by atoms with van der Waals surface area (Å²) in [7, 11) is 0. The van der Waals surface area contributed by atoms with Crippen molar-refractivity contribution in [2.75, 3.05) is 19.7 Å². The van der Waals surface area contributed by atoms with Crippen LogP contribution >= 0.6 is 0 Å². The lowest BCUT2D eigenvalue weighted by molar-refractivity contribution is -0.136. The minimum absolute atomic E-state index is 0.0948. The molecule has 6 nitrogen and oxygen atoms in total. The Labute approximate surface area is 158 Å². The lowest BCUT2D eigenvalue weighted by atomic mass is 10.0. The fourth-order valence-electron chi connectivity index (χ4n) is 3.21. The Morgan fingerprint density at radius 1 is 1.30 bits per heavy atom. The number of ether oxygens (including phenoxy) is 2. The molecule has 1 unspecified atom stereocenters. The second-order valence-electron chi connectivity index (χ2n) is 7.20. The van der Waals surface area contributed by atoms with Gasteiger partial charge in [0.15, 0.2) is 6.29 Å². The molecule has 6 heteroatoms. The molecule has 1 atom stereocenters. The van der Waals surface area contributed by atoms with E-state index in [2.05, 4.69) is 0 Å². The zero-order chi connectivity index (χ0) is 19.4. The number of hydrogen-bond donors (Lipinski definition) is 1. The quantitative estimate of drug-likeness (QED) is 0.820. The summed E-state index contributed by atoms with van der Waals surface area (Å²) in [5.41, 5.74) is -0.0732. The number of nitrogens with zero attached hydrogens (tertiary/aromatic N) is 1. The van der Waals surface area contributed by atoms with Crippen molar-refractivity contribution < 1.29 is 24.2 Å². The Morgan fingerprint density at radius 2 is 2.04 bits per heavy atom. The van der Waals surface area contributed by atoms with Gasteiger partial charge < -0.3 is 19.5 Å². The SMILES string of the molecule is CC1(C)CN(C(=O)c2ccc(O)c(C=O)c2)CC(COc2ccccc2)O1. The average molecular weight is 369 g/mol. The summed E-state index contributed by atoms with van der Waals surface area (Å²) in [6.07, 6.45) is 0.256. The van der Waals surface area contributed by atoms with E-state index in [0.717, 1.165) is 5.75 Å². The van der Waals surface area contributed by atoms with Gasteiger partial charge in [0, 0.05) is 12.1 Å². The highest BCUT2D eigenvalue weighted by molar-refractivity contribution is 5.96. The fourth-order valence-corrected chi connectivity index (χ4v) is 3.21. The van der Waals surface area contributed by atoms with E-state index < -0.39 is 5.60 Å². The third kappa shape index (κ3) is 4.65. The summed E-state index contributed by atoms with van der Waals surface area (Å²) in [6.45, 7) is 4.98. The van der Waals surface area contributed by atoms with Crippen LogP contribution in [0.15, 0.2) is 48.5 Å². The number of amides is 1. The molecule has 1 heterocycles. The molecule has 0 aromatic heterocycles. The van der Waals surface area contributed by atoms with Crippen molar-refractivity contribution in [2.24, 2.45) is 0 Å². The number of phenolic OH excluding ortho intramolecular Hbond substituents is 1. The summed E-state index contributed by atoms with van der Waals surface area (Å²) in [5, 5.41) is 9.64. The molecule has 1 fully saturated rings. The van der Waals surface area contributed by atoms with Crippen LogP contribution in [0.3, 0.4) is 0 Å². The van der Waals surface area contributed by atoms with Gasteiger partial charge in [0.2, 0.25) is 0 Å². The van der Waals surface area contributed by atoms with Gasteiger partial charge in [-0.1, -0.05) is 18.2 Å². The Balaban J connectivity index is 1.72. The van der Waals surface area contributed by atoms with Crippen LogP contribution in [0.25, 0.3) is 0 Å². The van der Waals surface area contributed by atoms with Crippen LogP contribution < -0.4 is 4.74 Å². The van der Waals surface area contributed by atoms with Crippen LogP contribution in [-0.2, 0) is 4.74 Å². The molecule has 1 aliphatic rings. The maximum atomic E-state index is 12.9. The normalized spacial score (nSPS) is 18.7. The van der Waals surface area contributed by atoms with Crippen LogP contribution in [0.4, 0.5) is 0 Å². The second-order valence-corrected chi connectivity index (χ2v) is 7.20. The largest absolute Gasteiger partial charge is 0.507 e. The van der Waals surface area contributed by atoms with E-state index in [0.29, 0.717) is 31.5 Å². The Morgan fingerprint density at radius 3 is 2.74 bits per heavy atom. The summed E-state index contributed by atoms with van der Waals surface area (Å²) in [4.78, 5) is 25.6. The molecule has 0 bridgehead atoms. The molecule has 1 saturated heterocycles. The second kappa shape index (κ2) is 7.80. The van der Waals surface area contributed by atoms with Gasteiger partial charge in [-0.2, -0.15) is 0 Å². The number of carbonyl (C=O) groups is 2. The predicted octanol–water partition coefficient (Wildman–Crippen LogP) is 2.90. The number of morpholine rings is 1. The minimum Gasteiger partial charge on any atom is -0.507 e. The first-order valence-electron chi connectivity index (χ1n) is 8.81. The molecule has 1 aliphatic heterocycles. The molecule has 0 saturated carbocycles. The third-order valence-corrected chi connectivity index (χ3v) is 4.35. The minimum atomic E-state index is -0.525. The van der Waals surface area contributed by atoms with E-state index in [9.17, 15) is 14.7 Å². The summed E-state index contributed by atoms with van der Waals surface area (Å²) >= 11 is 0. The number of aldehydes is 1. The highest BCUT2D eigenvalue weighted by Gasteiger charge is 2.36. The molecule has 1 N–H and O–H groups in total. The van der Waals surface area contributed by atoms with Gasteiger partial charge in [-0.25, -0.2) is 0 Å². The molecule has 0 spiro atoms. The lowest BCUT2D eigenvalue weighted by Gasteiger charge is -2.42. The standard InChI is InChI=1S/C21H23NO5/c1-21(2)14-22(20(25)15-8-9-19(24)16(10-15)12-23)11-18(27-21)13-26-17-6-4-3-5-7-17/h3-10,12,18,24H,11,13-14H2,1-2H3. The smallest absolute Gasteiger partial charge is 0.254 e. The molecule has 142 valence electrons. The van der Waals surface area contributed by atoms with Gasteiger partial charge in [0.1, 0.15) is 24.2 Å². The van der Waals surface area contributed by atoms with Crippen molar-refractivity contribution in [3.05, 3.63) is 59.7 Å². The number of carbonyl (C=O) groups excluding carboxylic acids is 2. The van der Waals surface area contributed by atoms with E-state index in [1.165, 1.54) is 18.2 Å². The third-order valence-electron chi connectivity index (χ3n) is 4.35. The molecule has 1 amide bonds. The van der Waals surface area contributed by atoms with Crippen LogP contribution in [0.1, 0.15) is 34.6 Å². The molecule has 27 heavy (non-hydrogen) atoms. The number of rotatable bonds is 5. The summed E-state index contributed by atoms with van der Waals surface area (Å²) in [6, 6.07) is 13.7. The average Bonchev–Trinajstić information content (AvgIpc) is 2.66. The lowest BCUT2D eigenvalue weighted by Crippen LogP contribution is -2.56. The first kappa shape index (κ1) is 18.9. The highest BCUT2D eigenvalue weighted by atomic mass is 16.5. The Bertz CT molecular complexity index is 819. The van der Waals surface area contributed by atoms with E-state index >= 15 is 0 Å². The van der Waals surface area contributed by atoms with Crippen LogP contribution in [0.2, 0.25) is 0 Å². The van der Waals surface area contributed by atoms with Gasteiger partial charge in [0.05, 0.1) is 17.7 Å². The summed E-state index contributed by atoms with van der Waals surface area (Å²) in [5.74, 6) is 0.397. The fraction of sp³-hybridized carbons (Fsp3) is 0.333. The summed E-state index contributed by atoms with van der Waals surface area (Å²) < 4.78 is 11.8. The van der Waals surface area contributed by atoms with Gasteiger partial charge in [0.25, 0.3) is 5.91 Å². The predicted molar refractivity (Wildman–Crippen MR) is 100 cm³/mol. The molecular formula is C21H23NO5. The van der Waals surface area contributed by atoms with Crippen molar-refractivity contribution in [1.29, 1.82) is 0 Å². The van der Waals surface area contributed by atoms with E-state index in [-0.39, 0.29) is 23.3 Å². The first-order chi connectivity index (χ1) is 12.9. The Kier molecular flexibility index (Phi) is 5.46. The zero-order valence-corrected chi connectivity index (χ0v) is 15.4. The zero-order valence-electron chi connectivity index (χ0n) is 15.4. The van der Waals surface area contributed by atoms with Crippen molar-refractivity contribution in [2.45, 2.75) is 25.6 Å². The van der Waals surface area contributed by atoms with Gasteiger partial charge in [-0.3, -0.25) is 9.59 Å². The molecule has 3 rings (SSSR count). The van der Waals surface area contributed by atoms with Gasteiger partial charge >= 0.3 is 0 Å². The number of benzene rings is 2. The molecule has 2 aromatic carbocycles. The van der Waals surface area contributed by atoms with Crippen LogP contribution in [0, 0.1) is 0 Å². The van der Waals surface area contributed by atoms with Crippen LogP contribution in [-0.4, -0.2) is 53.6 Å². The van der Waals surface area contributed by atoms with Crippen molar-refractivity contribution in [3.63, 3.8) is 0 Å². The van der Waals surface area contributed by atoms with Gasteiger partial charge in [-0.15, -0.1) is 0 Å². The van der Waals surface area contributed by atoms with E-state index in [1.807, 2.05) is 44.2 Å². The van der Waals surface area contributed by atoms with E-state index in [1.54, 1.807) is 4.90 Å². The van der Waals surface area contributed by atoms with Crippen molar-refractivity contribution in [1.82, 2.24) is 4.90 Å². The maximum Gasteiger partial charge on any atom is 0.254 e. The molecular weight excluding hydrogens is 346 g/mol. The number of aromatic hydroxyl groups is 1. The monoisotopic (exact) mass is 369 g/mol. The van der Waals surface area contributed by atoms with Crippen molar-refractivity contribution in [3.8, 4) is 11.5 Å². The van der Waals surface area contributed by atoms with Gasteiger partial charge in [-0.05, 0) is 44.2 Å². The number of hydrogen-bond acceptors (Lipinski definition) is 5. The topological polar surface area (TPSA) is 76.1 Å². The highest BCUT2D eigenvalue weighted by Crippen LogP contribution is 2.25. The molecule has 2 aromatic rings. The van der Waals surface area contributed by atoms with Crippen molar-refractivity contribution >= 4 is 12.2 Å². The molecule has 0 radical (unpaired) electrons. The Hall–Kier alpha value is -2.86. The molecule has 0 aliphatic carbocycles. The number of phenols is 1. The van der Waals surface area contributed by atoms with E-state index in [4.69, 9.17) is 9.47 Å². The first-order valence-corrected chi connectivity index (χ1v) is 8.81.